The zero-order valence-electron chi connectivity index (χ0n) is 20.5. The smallest absolute Gasteiger partial charge is 0.265 e. The van der Waals surface area contributed by atoms with Crippen LogP contribution in [0.4, 0.5) is 5.69 Å². The Labute approximate surface area is 208 Å². The molecule has 0 saturated carbocycles. The van der Waals surface area contributed by atoms with Gasteiger partial charge in [0.2, 0.25) is 11.7 Å². The molecule has 1 unspecified atom stereocenters. The van der Waals surface area contributed by atoms with Gasteiger partial charge in [0.1, 0.15) is 6.54 Å². The Balaban J connectivity index is 1.67. The quantitative estimate of drug-likeness (QED) is 0.394. The van der Waals surface area contributed by atoms with E-state index in [1.165, 1.54) is 17.3 Å². The summed E-state index contributed by atoms with van der Waals surface area (Å²) in [6.45, 7) is 8.21. The van der Waals surface area contributed by atoms with Gasteiger partial charge in [0, 0.05) is 16.7 Å². The molecule has 2 aromatic carbocycles. The predicted octanol–water partition coefficient (Wildman–Crippen LogP) is 4.84. The minimum absolute atomic E-state index is 0.0420. The summed E-state index contributed by atoms with van der Waals surface area (Å²) < 4.78 is 3.14. The summed E-state index contributed by atoms with van der Waals surface area (Å²) in [4.78, 5) is 32.0. The SMILES string of the molecule is CCSc1nn(CC(=O)Nc2cccc(C)c2)c2nc3c(c(=O)n12)C(C)(CC)Cc1ccccc1-3. The number of anilines is 1. The number of aryl methyl sites for hydroxylation is 1. The van der Waals surface area contributed by atoms with E-state index < -0.39 is 0 Å². The summed E-state index contributed by atoms with van der Waals surface area (Å²) in [7, 11) is 0. The van der Waals surface area contributed by atoms with Gasteiger partial charge in [0.15, 0.2) is 5.16 Å². The molecule has 1 aliphatic carbocycles. The minimum Gasteiger partial charge on any atom is -0.324 e. The van der Waals surface area contributed by atoms with Crippen LogP contribution in [-0.2, 0) is 23.2 Å². The molecule has 0 spiro atoms. The second-order valence-corrected chi connectivity index (χ2v) is 10.5. The molecule has 1 amide bonds. The van der Waals surface area contributed by atoms with Gasteiger partial charge < -0.3 is 5.32 Å². The maximum atomic E-state index is 14.0. The van der Waals surface area contributed by atoms with E-state index in [0.717, 1.165) is 41.0 Å². The summed E-state index contributed by atoms with van der Waals surface area (Å²) >= 11 is 1.48. The van der Waals surface area contributed by atoms with Crippen LogP contribution >= 0.6 is 11.8 Å². The summed E-state index contributed by atoms with van der Waals surface area (Å²) in [6, 6.07) is 15.8. The topological polar surface area (TPSA) is 81.3 Å². The lowest BCUT2D eigenvalue weighted by Crippen LogP contribution is -2.38. The molecule has 7 nitrogen and oxygen atoms in total. The van der Waals surface area contributed by atoms with Crippen molar-refractivity contribution in [2.75, 3.05) is 11.1 Å². The van der Waals surface area contributed by atoms with Crippen molar-refractivity contribution in [2.45, 2.75) is 57.7 Å². The number of nitrogens with zero attached hydrogens (tertiary/aromatic N) is 4. The van der Waals surface area contributed by atoms with Gasteiger partial charge in [0.05, 0.1) is 11.3 Å². The monoisotopic (exact) mass is 487 g/mol. The summed E-state index contributed by atoms with van der Waals surface area (Å²) in [5.74, 6) is 0.914. The number of aromatic nitrogens is 4. The van der Waals surface area contributed by atoms with E-state index in [1.54, 1.807) is 9.08 Å². The molecule has 0 fully saturated rings. The van der Waals surface area contributed by atoms with Crippen molar-refractivity contribution in [2.24, 2.45) is 0 Å². The molecule has 1 aliphatic rings. The van der Waals surface area contributed by atoms with E-state index in [9.17, 15) is 9.59 Å². The Morgan fingerprint density at radius 3 is 2.71 bits per heavy atom. The average molecular weight is 488 g/mol. The normalized spacial score (nSPS) is 16.7. The first-order chi connectivity index (χ1) is 16.8. The lowest BCUT2D eigenvalue weighted by molar-refractivity contribution is -0.116. The third-order valence-corrected chi connectivity index (χ3v) is 7.61. The van der Waals surface area contributed by atoms with Crippen LogP contribution < -0.4 is 10.9 Å². The summed E-state index contributed by atoms with van der Waals surface area (Å²) in [6.07, 6.45) is 1.61. The van der Waals surface area contributed by atoms with E-state index in [0.29, 0.717) is 16.6 Å². The fraction of sp³-hybridized carbons (Fsp3) is 0.333. The number of nitrogens with one attached hydrogen (secondary N) is 1. The Morgan fingerprint density at radius 1 is 1.17 bits per heavy atom. The highest BCUT2D eigenvalue weighted by atomic mass is 32.2. The maximum absolute atomic E-state index is 14.0. The van der Waals surface area contributed by atoms with Crippen molar-refractivity contribution in [3.05, 3.63) is 75.6 Å². The number of carbonyl (C=O) groups is 1. The predicted molar refractivity (Wildman–Crippen MR) is 140 cm³/mol. The number of benzene rings is 2. The van der Waals surface area contributed by atoms with Gasteiger partial charge in [-0.2, -0.15) is 0 Å². The van der Waals surface area contributed by atoms with E-state index >= 15 is 0 Å². The fourth-order valence-corrected chi connectivity index (χ4v) is 5.60. The Morgan fingerprint density at radius 2 is 1.97 bits per heavy atom. The fourth-order valence-electron chi connectivity index (χ4n) is 4.89. The van der Waals surface area contributed by atoms with E-state index in [-0.39, 0.29) is 23.4 Å². The van der Waals surface area contributed by atoms with Crippen molar-refractivity contribution in [1.29, 1.82) is 0 Å². The van der Waals surface area contributed by atoms with Crippen LogP contribution in [0.15, 0.2) is 58.5 Å². The molecule has 0 bridgehead atoms. The third kappa shape index (κ3) is 4.05. The first-order valence-electron chi connectivity index (χ1n) is 12.0. The Hall–Kier alpha value is -3.39. The van der Waals surface area contributed by atoms with Crippen molar-refractivity contribution < 1.29 is 4.79 Å². The van der Waals surface area contributed by atoms with E-state index in [1.807, 2.05) is 56.3 Å². The molecule has 180 valence electrons. The molecule has 8 heteroatoms. The van der Waals surface area contributed by atoms with E-state index in [4.69, 9.17) is 4.98 Å². The molecule has 2 aromatic heterocycles. The lowest BCUT2D eigenvalue weighted by atomic mass is 9.69. The number of thioether (sulfide) groups is 1. The molecule has 0 saturated heterocycles. The Kier molecular flexibility index (Phi) is 6.01. The average Bonchev–Trinajstić information content (AvgIpc) is 3.16. The van der Waals surface area contributed by atoms with Gasteiger partial charge in [-0.25, -0.2) is 14.1 Å². The highest BCUT2D eigenvalue weighted by molar-refractivity contribution is 7.99. The zero-order valence-corrected chi connectivity index (χ0v) is 21.3. The van der Waals surface area contributed by atoms with Gasteiger partial charge in [-0.3, -0.25) is 9.59 Å². The van der Waals surface area contributed by atoms with Gasteiger partial charge in [0.25, 0.3) is 5.56 Å². The molecular formula is C27H29N5O2S. The third-order valence-electron chi connectivity index (χ3n) is 6.80. The van der Waals surface area contributed by atoms with Gasteiger partial charge in [-0.15, -0.1) is 5.10 Å². The molecule has 35 heavy (non-hydrogen) atoms. The van der Waals surface area contributed by atoms with Crippen LogP contribution in [-0.4, -0.2) is 30.8 Å². The summed E-state index contributed by atoms with van der Waals surface area (Å²) in [5, 5.41) is 8.15. The van der Waals surface area contributed by atoms with Crippen LogP contribution in [0.2, 0.25) is 0 Å². The van der Waals surface area contributed by atoms with Gasteiger partial charge in [-0.1, -0.05) is 68.9 Å². The second-order valence-electron chi connectivity index (χ2n) is 9.32. The molecule has 0 aliphatic heterocycles. The van der Waals surface area contributed by atoms with Crippen LogP contribution in [0, 0.1) is 6.92 Å². The summed E-state index contributed by atoms with van der Waals surface area (Å²) in [5.41, 5.74) is 4.98. The molecule has 2 heterocycles. The van der Waals surface area contributed by atoms with Crippen LogP contribution in [0.3, 0.4) is 0 Å². The highest BCUT2D eigenvalue weighted by Gasteiger charge is 2.38. The van der Waals surface area contributed by atoms with Crippen molar-refractivity contribution in [3.8, 4) is 11.3 Å². The maximum Gasteiger partial charge on any atom is 0.265 e. The molecule has 4 aromatic rings. The first kappa shape index (κ1) is 23.4. The van der Waals surface area contributed by atoms with Crippen molar-refractivity contribution in [3.63, 3.8) is 0 Å². The largest absolute Gasteiger partial charge is 0.324 e. The number of amides is 1. The second kappa shape index (κ2) is 9.00. The number of carbonyl (C=O) groups excluding carboxylic acids is 1. The van der Waals surface area contributed by atoms with Crippen molar-refractivity contribution >= 4 is 29.1 Å². The number of hydrogen-bond acceptors (Lipinski definition) is 5. The van der Waals surface area contributed by atoms with Crippen LogP contribution in [0.5, 0.6) is 0 Å². The zero-order chi connectivity index (χ0) is 24.7. The lowest BCUT2D eigenvalue weighted by Gasteiger charge is -2.35. The first-order valence-corrected chi connectivity index (χ1v) is 12.9. The molecule has 5 rings (SSSR count). The highest BCUT2D eigenvalue weighted by Crippen LogP contribution is 2.42. The molecule has 1 atom stereocenters. The molecule has 1 N–H and O–H groups in total. The van der Waals surface area contributed by atoms with Crippen molar-refractivity contribution in [1.82, 2.24) is 19.2 Å². The molecule has 0 radical (unpaired) electrons. The van der Waals surface area contributed by atoms with E-state index in [2.05, 4.69) is 30.3 Å². The van der Waals surface area contributed by atoms with Gasteiger partial charge >= 0.3 is 0 Å². The molecular weight excluding hydrogens is 458 g/mol. The number of hydrogen-bond donors (Lipinski definition) is 1. The Bertz CT molecular complexity index is 1510. The standard InChI is InChI=1S/C27H29N5O2S/c1-5-27(4)15-18-11-7-8-13-20(18)23-22(27)24(34)32-25(29-23)31(30-26(32)35-6-2)16-21(33)28-19-12-9-10-17(3)14-19/h7-14H,5-6,15-16H2,1-4H3,(H,28,33). The van der Waals surface area contributed by atoms with Crippen LogP contribution in [0.1, 0.15) is 43.9 Å². The number of rotatable bonds is 6. The van der Waals surface area contributed by atoms with Gasteiger partial charge in [-0.05, 0) is 48.8 Å². The number of fused-ring (bicyclic) bond motifs is 4. The minimum atomic E-state index is -0.326. The van der Waals surface area contributed by atoms with Crippen LogP contribution in [0.25, 0.3) is 17.0 Å².